The Morgan fingerprint density at radius 2 is 2.11 bits per heavy atom. The first-order chi connectivity index (χ1) is 9.38. The van der Waals surface area contributed by atoms with Crippen LogP contribution in [0.1, 0.15) is 22.4 Å². The molecular weight excluding hydrogens is 256 g/mol. The molecular formula is C15H20N2OS. The van der Waals surface area contributed by atoms with E-state index in [0.29, 0.717) is 6.61 Å². The van der Waals surface area contributed by atoms with Gasteiger partial charge < -0.3 is 10.1 Å². The van der Waals surface area contributed by atoms with Crippen molar-refractivity contribution in [1.82, 2.24) is 10.3 Å². The fourth-order valence-corrected chi connectivity index (χ4v) is 2.66. The Hall–Kier alpha value is -1.23. The summed E-state index contributed by atoms with van der Waals surface area (Å²) in [5.41, 5.74) is 1.08. The number of nitrogens with one attached hydrogen (secondary N) is 1. The average Bonchev–Trinajstić information content (AvgIpc) is 2.90. The van der Waals surface area contributed by atoms with E-state index in [2.05, 4.69) is 29.4 Å². The third-order valence-electron chi connectivity index (χ3n) is 2.74. The Bertz CT molecular complexity index is 470. The van der Waals surface area contributed by atoms with Crippen molar-refractivity contribution < 1.29 is 4.74 Å². The normalized spacial score (nSPS) is 10.8. The molecule has 3 nitrogen and oxygen atoms in total. The zero-order valence-corrected chi connectivity index (χ0v) is 12.1. The number of nitrogens with zero attached hydrogens (tertiary/aromatic N) is 1. The van der Waals surface area contributed by atoms with E-state index in [9.17, 15) is 0 Å². The highest BCUT2D eigenvalue weighted by Gasteiger charge is 2.00. The van der Waals surface area contributed by atoms with Gasteiger partial charge in [-0.1, -0.05) is 13.0 Å². The smallest absolute Gasteiger partial charge is 0.0809 e. The molecule has 0 radical (unpaired) electrons. The lowest BCUT2D eigenvalue weighted by atomic mass is 10.3. The fourth-order valence-electron chi connectivity index (χ4n) is 1.74. The first-order valence-electron chi connectivity index (χ1n) is 6.64. The lowest BCUT2D eigenvalue weighted by Crippen LogP contribution is -2.10. The van der Waals surface area contributed by atoms with Crippen LogP contribution in [0.15, 0.2) is 36.5 Å². The van der Waals surface area contributed by atoms with Gasteiger partial charge in [0.05, 0.1) is 13.2 Å². The number of aromatic nitrogens is 1. The molecule has 2 heterocycles. The zero-order chi connectivity index (χ0) is 13.3. The Balaban J connectivity index is 1.66. The summed E-state index contributed by atoms with van der Waals surface area (Å²) in [5.74, 6) is 0. The molecule has 2 aromatic rings. The minimum Gasteiger partial charge on any atom is -0.376 e. The van der Waals surface area contributed by atoms with Gasteiger partial charge in [-0.3, -0.25) is 4.98 Å². The second kappa shape index (κ2) is 8.04. The van der Waals surface area contributed by atoms with Crippen molar-refractivity contribution in [2.75, 3.05) is 13.2 Å². The van der Waals surface area contributed by atoms with Crippen molar-refractivity contribution in [1.29, 1.82) is 0 Å². The van der Waals surface area contributed by atoms with E-state index in [1.54, 1.807) is 0 Å². The van der Waals surface area contributed by atoms with Gasteiger partial charge in [0, 0.05) is 34.6 Å². The van der Waals surface area contributed by atoms with E-state index in [4.69, 9.17) is 4.74 Å². The molecule has 0 atom stereocenters. The Kier molecular flexibility index (Phi) is 6.01. The summed E-state index contributed by atoms with van der Waals surface area (Å²) in [6, 6.07) is 10.3. The molecule has 0 unspecified atom stereocenters. The molecule has 0 saturated heterocycles. The number of hydrogen-bond acceptors (Lipinski definition) is 4. The van der Waals surface area contributed by atoms with Gasteiger partial charge in [0.2, 0.25) is 0 Å². The standard InChI is InChI=1S/C15H20N2OS/c1-2-16-11-14-6-7-15(19-14)12-18-10-8-13-5-3-4-9-17-13/h3-7,9,16H,2,8,10-12H2,1H3. The number of pyridine rings is 1. The summed E-state index contributed by atoms with van der Waals surface area (Å²) >= 11 is 1.82. The molecule has 1 N–H and O–H groups in total. The number of thiophene rings is 1. The van der Waals surface area contributed by atoms with Crippen LogP contribution in [0.5, 0.6) is 0 Å². The van der Waals surface area contributed by atoms with E-state index < -0.39 is 0 Å². The maximum Gasteiger partial charge on any atom is 0.0809 e. The minimum atomic E-state index is 0.698. The van der Waals surface area contributed by atoms with Gasteiger partial charge in [0.15, 0.2) is 0 Å². The molecule has 0 aliphatic heterocycles. The summed E-state index contributed by atoms with van der Waals surface area (Å²) in [6.07, 6.45) is 2.69. The Labute approximate surface area is 118 Å². The highest BCUT2D eigenvalue weighted by atomic mass is 32.1. The highest BCUT2D eigenvalue weighted by molar-refractivity contribution is 7.11. The van der Waals surface area contributed by atoms with Crippen LogP contribution in [0.4, 0.5) is 0 Å². The molecule has 0 spiro atoms. The molecule has 19 heavy (non-hydrogen) atoms. The second-order valence-electron chi connectivity index (χ2n) is 4.27. The fraction of sp³-hybridized carbons (Fsp3) is 0.400. The number of ether oxygens (including phenoxy) is 1. The van der Waals surface area contributed by atoms with Crippen molar-refractivity contribution >= 4 is 11.3 Å². The number of rotatable bonds is 8. The van der Waals surface area contributed by atoms with E-state index in [-0.39, 0.29) is 0 Å². The van der Waals surface area contributed by atoms with Crippen LogP contribution in [0.25, 0.3) is 0 Å². The molecule has 0 aliphatic rings. The SMILES string of the molecule is CCNCc1ccc(COCCc2ccccn2)s1. The van der Waals surface area contributed by atoms with Gasteiger partial charge in [-0.15, -0.1) is 11.3 Å². The molecule has 2 aromatic heterocycles. The number of hydrogen-bond donors (Lipinski definition) is 1. The predicted octanol–water partition coefficient (Wildman–Crippen LogP) is 3.01. The lowest BCUT2D eigenvalue weighted by Gasteiger charge is -2.02. The molecule has 0 bridgehead atoms. The molecule has 102 valence electrons. The van der Waals surface area contributed by atoms with Crippen LogP contribution >= 0.6 is 11.3 Å². The second-order valence-corrected chi connectivity index (χ2v) is 5.52. The molecule has 4 heteroatoms. The van der Waals surface area contributed by atoms with Crippen LogP contribution in [0.3, 0.4) is 0 Å². The monoisotopic (exact) mass is 276 g/mol. The molecule has 0 aliphatic carbocycles. The molecule has 0 aromatic carbocycles. The predicted molar refractivity (Wildman–Crippen MR) is 79.3 cm³/mol. The summed E-state index contributed by atoms with van der Waals surface area (Å²) in [4.78, 5) is 6.93. The molecule has 2 rings (SSSR count). The average molecular weight is 276 g/mol. The van der Waals surface area contributed by atoms with Gasteiger partial charge >= 0.3 is 0 Å². The maximum absolute atomic E-state index is 5.69. The zero-order valence-electron chi connectivity index (χ0n) is 11.3. The third-order valence-corrected chi connectivity index (χ3v) is 3.80. The quantitative estimate of drug-likeness (QED) is 0.753. The largest absolute Gasteiger partial charge is 0.376 e. The van der Waals surface area contributed by atoms with Crippen molar-refractivity contribution in [2.24, 2.45) is 0 Å². The van der Waals surface area contributed by atoms with Crippen molar-refractivity contribution in [2.45, 2.75) is 26.5 Å². The van der Waals surface area contributed by atoms with Gasteiger partial charge in [-0.25, -0.2) is 0 Å². The Morgan fingerprint density at radius 3 is 2.89 bits per heavy atom. The van der Waals surface area contributed by atoms with Crippen LogP contribution in [-0.4, -0.2) is 18.1 Å². The summed E-state index contributed by atoms with van der Waals surface area (Å²) in [7, 11) is 0. The van der Waals surface area contributed by atoms with Crippen LogP contribution in [0.2, 0.25) is 0 Å². The molecule has 0 amide bonds. The summed E-state index contributed by atoms with van der Waals surface area (Å²) in [6.45, 7) is 5.50. The van der Waals surface area contributed by atoms with E-state index in [1.807, 2.05) is 35.7 Å². The van der Waals surface area contributed by atoms with Gasteiger partial charge in [-0.05, 0) is 30.8 Å². The van der Waals surface area contributed by atoms with Crippen LogP contribution in [-0.2, 0) is 24.3 Å². The Morgan fingerprint density at radius 1 is 1.21 bits per heavy atom. The van der Waals surface area contributed by atoms with Gasteiger partial charge in [-0.2, -0.15) is 0 Å². The highest BCUT2D eigenvalue weighted by Crippen LogP contribution is 2.17. The first kappa shape index (κ1) is 14.2. The van der Waals surface area contributed by atoms with Gasteiger partial charge in [0.1, 0.15) is 0 Å². The summed E-state index contributed by atoms with van der Waals surface area (Å²) < 4.78 is 5.69. The van der Waals surface area contributed by atoms with Crippen LogP contribution < -0.4 is 5.32 Å². The third kappa shape index (κ3) is 5.11. The first-order valence-corrected chi connectivity index (χ1v) is 7.46. The van der Waals surface area contributed by atoms with Crippen molar-refractivity contribution in [3.05, 3.63) is 52.0 Å². The minimum absolute atomic E-state index is 0.698. The summed E-state index contributed by atoms with van der Waals surface area (Å²) in [5, 5.41) is 3.33. The maximum atomic E-state index is 5.69. The lowest BCUT2D eigenvalue weighted by molar-refractivity contribution is 0.125. The van der Waals surface area contributed by atoms with Crippen LogP contribution in [0, 0.1) is 0 Å². The van der Waals surface area contributed by atoms with E-state index in [1.165, 1.54) is 9.75 Å². The van der Waals surface area contributed by atoms with Gasteiger partial charge in [0.25, 0.3) is 0 Å². The van der Waals surface area contributed by atoms with E-state index >= 15 is 0 Å². The molecule has 0 saturated carbocycles. The van der Waals surface area contributed by atoms with E-state index in [0.717, 1.165) is 31.8 Å². The topological polar surface area (TPSA) is 34.1 Å². The van der Waals surface area contributed by atoms with Crippen molar-refractivity contribution in [3.8, 4) is 0 Å². The molecule has 0 fully saturated rings. The van der Waals surface area contributed by atoms with Crippen molar-refractivity contribution in [3.63, 3.8) is 0 Å².